The zero-order valence-corrected chi connectivity index (χ0v) is 13.2. The van der Waals surface area contributed by atoms with Crippen LogP contribution in [0.1, 0.15) is 12.5 Å². The molecule has 7 heteroatoms. The summed E-state index contributed by atoms with van der Waals surface area (Å²) in [5, 5.41) is 14.9. The van der Waals surface area contributed by atoms with Gasteiger partial charge in [-0.05, 0) is 36.4 Å². The van der Waals surface area contributed by atoms with Gasteiger partial charge >= 0.3 is 0 Å². The summed E-state index contributed by atoms with van der Waals surface area (Å²) in [5.74, 6) is -0.197. The summed E-state index contributed by atoms with van der Waals surface area (Å²) < 4.78 is 0. The minimum atomic E-state index is -0.197. The van der Waals surface area contributed by atoms with E-state index in [1.54, 1.807) is 42.6 Å². The minimum absolute atomic E-state index is 0.151. The lowest BCUT2D eigenvalue weighted by molar-refractivity contribution is -0.114. The van der Waals surface area contributed by atoms with Crippen molar-refractivity contribution in [2.24, 2.45) is 0 Å². The van der Waals surface area contributed by atoms with Gasteiger partial charge in [0.2, 0.25) is 11.8 Å². The minimum Gasteiger partial charge on any atom is -0.326 e. The number of benzene rings is 1. The molecular weight excluding hydrogens is 312 g/mol. The second kappa shape index (κ2) is 7.96. The Bertz CT molecular complexity index is 753. The van der Waals surface area contributed by atoms with Crippen molar-refractivity contribution in [2.45, 2.75) is 11.9 Å². The Morgan fingerprint density at radius 3 is 2.43 bits per heavy atom. The van der Waals surface area contributed by atoms with Gasteiger partial charge in [0.1, 0.15) is 11.1 Å². The normalized spacial score (nSPS) is 9.74. The first-order valence-electron chi connectivity index (χ1n) is 6.74. The number of carbonyl (C=O) groups is 2. The van der Waals surface area contributed by atoms with Gasteiger partial charge in [0.25, 0.3) is 0 Å². The average molecular weight is 326 g/mol. The van der Waals surface area contributed by atoms with E-state index < -0.39 is 0 Å². The van der Waals surface area contributed by atoms with Crippen molar-refractivity contribution < 1.29 is 9.59 Å². The van der Waals surface area contributed by atoms with Gasteiger partial charge < -0.3 is 10.6 Å². The highest BCUT2D eigenvalue weighted by Gasteiger charge is 2.08. The van der Waals surface area contributed by atoms with Crippen LogP contribution in [0.3, 0.4) is 0 Å². The van der Waals surface area contributed by atoms with Crippen LogP contribution in [0.5, 0.6) is 0 Å². The van der Waals surface area contributed by atoms with Crippen LogP contribution in [0.15, 0.2) is 47.6 Å². The summed E-state index contributed by atoms with van der Waals surface area (Å²) in [6.07, 6.45) is 1.59. The van der Waals surface area contributed by atoms with Crippen molar-refractivity contribution in [3.8, 4) is 6.07 Å². The zero-order chi connectivity index (χ0) is 16.7. The van der Waals surface area contributed by atoms with Crippen molar-refractivity contribution in [3.63, 3.8) is 0 Å². The van der Waals surface area contributed by atoms with E-state index in [1.807, 2.05) is 6.07 Å². The summed E-state index contributed by atoms with van der Waals surface area (Å²) in [6.45, 7) is 1.43. The largest absolute Gasteiger partial charge is 0.326 e. The predicted octanol–water partition coefficient (Wildman–Crippen LogP) is 2.64. The van der Waals surface area contributed by atoms with Crippen LogP contribution in [0.2, 0.25) is 0 Å². The van der Waals surface area contributed by atoms with Crippen LogP contribution in [0.4, 0.5) is 11.4 Å². The third-order valence-corrected chi connectivity index (χ3v) is 3.73. The molecule has 0 fully saturated rings. The molecule has 2 N–H and O–H groups in total. The van der Waals surface area contributed by atoms with Crippen molar-refractivity contribution in [2.75, 3.05) is 16.4 Å². The molecule has 1 heterocycles. The fourth-order valence-corrected chi connectivity index (χ4v) is 2.51. The molecule has 0 radical (unpaired) electrons. The number of nitriles is 1. The SMILES string of the molecule is CC(=O)Nc1ccc(NC(=O)CSc2ncccc2C#N)cc1. The molecule has 116 valence electrons. The van der Waals surface area contributed by atoms with Crippen LogP contribution < -0.4 is 10.6 Å². The molecular formula is C16H14N4O2S. The lowest BCUT2D eigenvalue weighted by Crippen LogP contribution is -2.14. The van der Waals surface area contributed by atoms with E-state index in [0.717, 1.165) is 0 Å². The van der Waals surface area contributed by atoms with Gasteiger partial charge in [0, 0.05) is 24.5 Å². The fourth-order valence-electron chi connectivity index (χ4n) is 1.76. The van der Waals surface area contributed by atoms with E-state index in [-0.39, 0.29) is 17.6 Å². The number of carbonyl (C=O) groups excluding carboxylic acids is 2. The summed E-state index contributed by atoms with van der Waals surface area (Å²) in [7, 11) is 0. The Morgan fingerprint density at radius 2 is 1.83 bits per heavy atom. The van der Waals surface area contributed by atoms with E-state index in [0.29, 0.717) is 22.0 Å². The Hall–Kier alpha value is -2.85. The van der Waals surface area contributed by atoms with Crippen LogP contribution in [0, 0.1) is 11.3 Å². The molecule has 2 aromatic rings. The molecule has 0 bridgehead atoms. The summed E-state index contributed by atoms with van der Waals surface area (Å²) in [6, 6.07) is 12.2. The summed E-state index contributed by atoms with van der Waals surface area (Å²) in [4.78, 5) is 27.0. The smallest absolute Gasteiger partial charge is 0.234 e. The number of pyridine rings is 1. The molecule has 0 saturated heterocycles. The maximum Gasteiger partial charge on any atom is 0.234 e. The lowest BCUT2D eigenvalue weighted by Gasteiger charge is -2.07. The molecule has 0 unspecified atom stereocenters. The average Bonchev–Trinajstić information content (AvgIpc) is 2.54. The molecule has 23 heavy (non-hydrogen) atoms. The fraction of sp³-hybridized carbons (Fsp3) is 0.125. The Labute approximate surface area is 137 Å². The van der Waals surface area contributed by atoms with Gasteiger partial charge in [-0.2, -0.15) is 5.26 Å². The highest BCUT2D eigenvalue weighted by Crippen LogP contribution is 2.20. The summed E-state index contributed by atoms with van der Waals surface area (Å²) in [5.41, 5.74) is 1.74. The number of hydrogen-bond acceptors (Lipinski definition) is 5. The van der Waals surface area contributed by atoms with Crippen LogP contribution in [-0.4, -0.2) is 22.6 Å². The lowest BCUT2D eigenvalue weighted by atomic mass is 10.3. The highest BCUT2D eigenvalue weighted by molar-refractivity contribution is 8.00. The molecule has 1 aromatic carbocycles. The van der Waals surface area contributed by atoms with Gasteiger partial charge in [-0.25, -0.2) is 4.98 Å². The number of thioether (sulfide) groups is 1. The second-order valence-corrected chi connectivity index (χ2v) is 5.53. The van der Waals surface area contributed by atoms with Gasteiger partial charge in [0.15, 0.2) is 0 Å². The molecule has 2 amide bonds. The third-order valence-electron chi connectivity index (χ3n) is 2.72. The molecule has 0 aliphatic rings. The topological polar surface area (TPSA) is 94.9 Å². The van der Waals surface area contributed by atoms with Gasteiger partial charge in [-0.1, -0.05) is 11.8 Å². The van der Waals surface area contributed by atoms with Crippen molar-refractivity contribution >= 4 is 35.0 Å². The maximum absolute atomic E-state index is 11.9. The Kier molecular flexibility index (Phi) is 5.72. The maximum atomic E-state index is 11.9. The van der Waals surface area contributed by atoms with E-state index in [1.165, 1.54) is 18.7 Å². The predicted molar refractivity (Wildman–Crippen MR) is 89.1 cm³/mol. The molecule has 0 aliphatic carbocycles. The van der Waals surface area contributed by atoms with Crippen LogP contribution >= 0.6 is 11.8 Å². The van der Waals surface area contributed by atoms with Crippen LogP contribution in [0.25, 0.3) is 0 Å². The Balaban J connectivity index is 1.90. The van der Waals surface area contributed by atoms with Crippen LogP contribution in [-0.2, 0) is 9.59 Å². The monoisotopic (exact) mass is 326 g/mol. The molecule has 1 aromatic heterocycles. The number of amides is 2. The molecule has 6 nitrogen and oxygen atoms in total. The van der Waals surface area contributed by atoms with Crippen molar-refractivity contribution in [1.82, 2.24) is 4.98 Å². The highest BCUT2D eigenvalue weighted by atomic mass is 32.2. The van der Waals surface area contributed by atoms with E-state index >= 15 is 0 Å². The van der Waals surface area contributed by atoms with E-state index in [4.69, 9.17) is 5.26 Å². The standard InChI is InChI=1S/C16H14N4O2S/c1-11(21)19-13-4-6-14(7-5-13)20-15(22)10-23-16-12(9-17)3-2-8-18-16/h2-8H,10H2,1H3,(H,19,21)(H,20,22). The quantitative estimate of drug-likeness (QED) is 0.824. The van der Waals surface area contributed by atoms with Gasteiger partial charge in [0.05, 0.1) is 11.3 Å². The first-order valence-corrected chi connectivity index (χ1v) is 7.72. The molecule has 0 saturated carbocycles. The van der Waals surface area contributed by atoms with Gasteiger partial charge in [-0.15, -0.1) is 0 Å². The molecule has 0 atom stereocenters. The van der Waals surface area contributed by atoms with Gasteiger partial charge in [-0.3, -0.25) is 9.59 Å². The number of aromatic nitrogens is 1. The number of nitrogens with zero attached hydrogens (tertiary/aromatic N) is 2. The number of hydrogen-bond donors (Lipinski definition) is 2. The van der Waals surface area contributed by atoms with Crippen molar-refractivity contribution in [3.05, 3.63) is 48.2 Å². The van der Waals surface area contributed by atoms with E-state index in [9.17, 15) is 9.59 Å². The third kappa shape index (κ3) is 5.13. The molecule has 0 spiro atoms. The first-order chi connectivity index (χ1) is 11.1. The molecule has 2 rings (SSSR count). The van der Waals surface area contributed by atoms with E-state index in [2.05, 4.69) is 15.6 Å². The first kappa shape index (κ1) is 16.5. The van der Waals surface area contributed by atoms with Crippen molar-refractivity contribution in [1.29, 1.82) is 5.26 Å². The Morgan fingerprint density at radius 1 is 1.17 bits per heavy atom. The number of rotatable bonds is 5. The number of nitrogens with one attached hydrogen (secondary N) is 2. The second-order valence-electron chi connectivity index (χ2n) is 4.56. The summed E-state index contributed by atoms with van der Waals surface area (Å²) >= 11 is 1.21. The zero-order valence-electron chi connectivity index (χ0n) is 12.4. The number of anilines is 2. The molecule has 0 aliphatic heterocycles.